The first-order valence-electron chi connectivity index (χ1n) is 2.98. The van der Waals surface area contributed by atoms with Crippen molar-refractivity contribution >= 4 is 49.7 Å². The van der Waals surface area contributed by atoms with Gasteiger partial charge in [-0.2, -0.15) is 23.2 Å². The van der Waals surface area contributed by atoms with Crippen molar-refractivity contribution in [3.8, 4) is 0 Å². The number of nitrogens with zero attached hydrogens (tertiary/aromatic N) is 1. The Bertz CT molecular complexity index is 135. The second-order valence-electron chi connectivity index (χ2n) is 2.25. The summed E-state index contributed by atoms with van der Waals surface area (Å²) in [5.41, 5.74) is 0.470. The Morgan fingerprint density at radius 3 is 2.30 bits per heavy atom. The maximum Gasteiger partial charge on any atom is 0.294 e. The van der Waals surface area contributed by atoms with Gasteiger partial charge in [0.1, 0.15) is 0 Å². The topological polar surface area (TPSA) is 3.24 Å². The molecule has 0 aromatic rings. The largest absolute Gasteiger partial charge is 0.342 e. The van der Waals surface area contributed by atoms with Gasteiger partial charge in [-0.25, -0.2) is 0 Å². The molecule has 1 heterocycles. The molecule has 0 N–H and O–H groups in total. The quantitative estimate of drug-likeness (QED) is 0.674. The number of hydrogen-bond donors (Lipinski definition) is 0. The van der Waals surface area contributed by atoms with Gasteiger partial charge in [-0.05, 0) is 24.9 Å². The molecule has 10 heavy (non-hydrogen) atoms. The maximum absolute atomic E-state index is 3.61. The fraction of sp³-hybridized carbons (Fsp3) is 0.500. The van der Waals surface area contributed by atoms with Gasteiger partial charge >= 0.3 is 0 Å². The summed E-state index contributed by atoms with van der Waals surface area (Å²) in [6.45, 7) is 0. The lowest BCUT2D eigenvalue weighted by Crippen LogP contribution is -2.37. The average Bonchev–Trinajstić information content (AvgIpc) is 2.36. The Kier molecular flexibility index (Phi) is 3.77. The van der Waals surface area contributed by atoms with E-state index in [0.717, 1.165) is 0 Å². The van der Waals surface area contributed by atoms with E-state index in [1.54, 1.807) is 0 Å². The molecule has 0 saturated carbocycles. The van der Waals surface area contributed by atoms with Crippen LogP contribution in [0.4, 0.5) is 0 Å². The Morgan fingerprint density at radius 1 is 1.40 bits per heavy atom. The highest BCUT2D eigenvalue weighted by Crippen LogP contribution is 2.33. The molecule has 0 aromatic carbocycles. The molecule has 1 aliphatic heterocycles. The third-order valence-corrected chi connectivity index (χ3v) is 5.72. The van der Waals surface area contributed by atoms with Crippen molar-refractivity contribution in [2.75, 3.05) is 14.1 Å². The van der Waals surface area contributed by atoms with Crippen LogP contribution in [0, 0.1) is 0 Å². The lowest BCUT2D eigenvalue weighted by atomic mass is 9.61. The summed E-state index contributed by atoms with van der Waals surface area (Å²) >= 11 is 7.36. The van der Waals surface area contributed by atoms with Gasteiger partial charge in [-0.1, -0.05) is 0 Å². The van der Waals surface area contributed by atoms with E-state index in [1.165, 1.54) is 0 Å². The SMILES string of the molecule is CN(C)B(Br)B1SC=CS1. The van der Waals surface area contributed by atoms with Crippen LogP contribution in [0.3, 0.4) is 0 Å². The van der Waals surface area contributed by atoms with E-state index in [-0.39, 0.29) is 0 Å². The summed E-state index contributed by atoms with van der Waals surface area (Å²) in [7, 11) is 4.16. The summed E-state index contributed by atoms with van der Waals surface area (Å²) in [6.07, 6.45) is 0. The second-order valence-corrected chi connectivity index (χ2v) is 5.59. The van der Waals surface area contributed by atoms with Crippen molar-refractivity contribution in [1.82, 2.24) is 4.81 Å². The van der Waals surface area contributed by atoms with Crippen LogP contribution in [0.25, 0.3) is 0 Å². The molecule has 0 unspecified atom stereocenters. The molecule has 0 saturated heterocycles. The minimum Gasteiger partial charge on any atom is -0.342 e. The molecule has 54 valence electrons. The predicted molar refractivity (Wildman–Crippen MR) is 58.4 cm³/mol. The Balaban J connectivity index is 2.34. The molecular formula is C4H8B2BrNS2. The molecule has 0 aliphatic carbocycles. The highest BCUT2D eigenvalue weighted by Gasteiger charge is 2.31. The smallest absolute Gasteiger partial charge is 0.294 e. The number of hydrogen-bond acceptors (Lipinski definition) is 3. The highest BCUT2D eigenvalue weighted by molar-refractivity contribution is 9.27. The van der Waals surface area contributed by atoms with E-state index < -0.39 is 0 Å². The van der Waals surface area contributed by atoms with E-state index in [0.29, 0.717) is 10.7 Å². The second kappa shape index (κ2) is 4.14. The van der Waals surface area contributed by atoms with Gasteiger partial charge < -0.3 is 4.81 Å². The summed E-state index contributed by atoms with van der Waals surface area (Å²) < 4.78 is 0. The first-order valence-corrected chi connectivity index (χ1v) is 5.78. The minimum atomic E-state index is 0.470. The van der Waals surface area contributed by atoms with Crippen molar-refractivity contribution in [1.29, 1.82) is 0 Å². The zero-order valence-electron chi connectivity index (χ0n) is 5.95. The Labute approximate surface area is 79.3 Å². The van der Waals surface area contributed by atoms with Crippen molar-refractivity contribution < 1.29 is 0 Å². The van der Waals surface area contributed by atoms with Crippen LogP contribution >= 0.6 is 39.0 Å². The summed E-state index contributed by atoms with van der Waals surface area (Å²) in [4.78, 5) is 2.18. The molecule has 0 fully saturated rings. The number of rotatable bonds is 2. The first kappa shape index (κ1) is 9.10. The van der Waals surface area contributed by atoms with Crippen molar-refractivity contribution in [3.63, 3.8) is 0 Å². The van der Waals surface area contributed by atoms with Crippen LogP contribution in [0.2, 0.25) is 0 Å². The summed E-state index contributed by atoms with van der Waals surface area (Å²) in [6, 6.07) is 0. The fourth-order valence-corrected chi connectivity index (χ4v) is 3.58. The molecule has 0 bridgehead atoms. The van der Waals surface area contributed by atoms with Crippen LogP contribution in [0.1, 0.15) is 0 Å². The number of halogens is 1. The van der Waals surface area contributed by atoms with Gasteiger partial charge in [0, 0.05) is 0 Å². The molecule has 1 nitrogen and oxygen atoms in total. The summed E-state index contributed by atoms with van der Waals surface area (Å²) in [5, 5.41) is 4.91. The van der Waals surface area contributed by atoms with Gasteiger partial charge in [0.2, 0.25) is 0 Å². The fourth-order valence-electron chi connectivity index (χ4n) is 0.624. The third-order valence-electron chi connectivity index (χ3n) is 1.20. The van der Waals surface area contributed by atoms with Gasteiger partial charge in [0.25, 0.3) is 10.7 Å². The predicted octanol–water partition coefficient (Wildman–Crippen LogP) is 1.95. The van der Waals surface area contributed by atoms with E-state index in [1.807, 2.05) is 23.2 Å². The minimum absolute atomic E-state index is 0.470. The van der Waals surface area contributed by atoms with Gasteiger partial charge in [-0.15, -0.1) is 15.8 Å². The molecule has 0 atom stereocenters. The Hall–Kier alpha value is 1.01. The van der Waals surface area contributed by atoms with E-state index in [4.69, 9.17) is 0 Å². The van der Waals surface area contributed by atoms with Crippen LogP contribution < -0.4 is 0 Å². The lowest BCUT2D eigenvalue weighted by Gasteiger charge is -2.16. The molecule has 0 radical (unpaired) electrons. The standard InChI is InChI=1S/C4H8B2BrNS2/c1-8(2)5(7)6-9-3-4-10-6/h3-4H,1-2H3. The summed E-state index contributed by atoms with van der Waals surface area (Å²) in [5.74, 6) is 0. The van der Waals surface area contributed by atoms with Crippen LogP contribution in [-0.2, 0) is 0 Å². The lowest BCUT2D eigenvalue weighted by molar-refractivity contribution is 0.670. The maximum atomic E-state index is 3.61. The molecule has 6 heteroatoms. The van der Waals surface area contributed by atoms with E-state index >= 15 is 0 Å². The normalized spacial score (nSPS) is 17.0. The van der Waals surface area contributed by atoms with Gasteiger partial charge in [0.15, 0.2) is 0 Å². The van der Waals surface area contributed by atoms with Crippen LogP contribution in [0.15, 0.2) is 10.8 Å². The third kappa shape index (κ3) is 2.26. The molecule has 0 spiro atoms. The van der Waals surface area contributed by atoms with E-state index in [9.17, 15) is 0 Å². The van der Waals surface area contributed by atoms with Gasteiger partial charge in [0.05, 0.1) is 0 Å². The van der Waals surface area contributed by atoms with Crippen molar-refractivity contribution in [2.24, 2.45) is 0 Å². The zero-order chi connectivity index (χ0) is 7.56. The van der Waals surface area contributed by atoms with Gasteiger partial charge in [-0.3, -0.25) is 0 Å². The van der Waals surface area contributed by atoms with Crippen molar-refractivity contribution in [2.45, 2.75) is 0 Å². The highest BCUT2D eigenvalue weighted by atomic mass is 79.9. The monoisotopic (exact) mass is 235 g/mol. The Morgan fingerprint density at radius 2 is 1.90 bits per heavy atom. The molecular weight excluding hydrogens is 228 g/mol. The molecule has 1 aliphatic rings. The van der Waals surface area contributed by atoms with Crippen LogP contribution in [0.5, 0.6) is 0 Å². The van der Waals surface area contributed by atoms with E-state index in [2.05, 4.69) is 45.5 Å². The molecule has 0 aromatic heterocycles. The molecule has 1 rings (SSSR count). The van der Waals surface area contributed by atoms with Crippen LogP contribution in [-0.4, -0.2) is 29.6 Å². The average molecular weight is 236 g/mol. The van der Waals surface area contributed by atoms with Crippen molar-refractivity contribution in [3.05, 3.63) is 10.8 Å². The zero-order valence-corrected chi connectivity index (χ0v) is 9.17. The molecule has 0 amide bonds. The first-order chi connectivity index (χ1) is 4.72.